The highest BCUT2D eigenvalue weighted by atomic mass is 32.2. The van der Waals surface area contributed by atoms with Gasteiger partial charge in [-0.2, -0.15) is 5.10 Å². The van der Waals surface area contributed by atoms with Gasteiger partial charge in [0.1, 0.15) is 0 Å². The average Bonchev–Trinajstić information content (AvgIpc) is 2.90. The Balaban J connectivity index is 2.12. The number of aryl methyl sites for hydroxylation is 1. The van der Waals surface area contributed by atoms with E-state index in [1.165, 1.54) is 6.07 Å². The minimum atomic E-state index is -3.58. The Morgan fingerprint density at radius 2 is 2.19 bits per heavy atom. The van der Waals surface area contributed by atoms with Crippen LogP contribution in [0, 0.1) is 0 Å². The molecule has 0 aliphatic rings. The van der Waals surface area contributed by atoms with Crippen molar-refractivity contribution in [3.63, 3.8) is 0 Å². The fourth-order valence-corrected chi connectivity index (χ4v) is 3.39. The maximum absolute atomic E-state index is 12.3. The molecule has 114 valence electrons. The van der Waals surface area contributed by atoms with Crippen LogP contribution in [0.2, 0.25) is 0 Å². The minimum Gasteiger partial charge on any atom is -0.398 e. The summed E-state index contributed by atoms with van der Waals surface area (Å²) < 4.78 is 29.0. The Labute approximate surface area is 125 Å². The van der Waals surface area contributed by atoms with Gasteiger partial charge in [0.2, 0.25) is 10.0 Å². The van der Waals surface area contributed by atoms with Crippen LogP contribution in [0.5, 0.6) is 0 Å². The molecular formula is C14H20N4O2S. The Kier molecular flexibility index (Phi) is 4.64. The smallest absolute Gasteiger partial charge is 0.240 e. The molecule has 1 unspecified atom stereocenters. The lowest BCUT2D eigenvalue weighted by Crippen LogP contribution is -2.35. The molecule has 2 aromatic rings. The van der Waals surface area contributed by atoms with Crippen LogP contribution in [0.25, 0.3) is 0 Å². The fraction of sp³-hybridized carbons (Fsp3) is 0.357. The zero-order valence-corrected chi connectivity index (χ0v) is 13.0. The van der Waals surface area contributed by atoms with Crippen molar-refractivity contribution in [2.45, 2.75) is 37.8 Å². The van der Waals surface area contributed by atoms with Crippen molar-refractivity contribution in [3.05, 3.63) is 42.2 Å². The maximum Gasteiger partial charge on any atom is 0.240 e. The molecule has 3 N–H and O–H groups in total. The third-order valence-electron chi connectivity index (χ3n) is 3.18. The molecular weight excluding hydrogens is 288 g/mol. The van der Waals surface area contributed by atoms with Gasteiger partial charge in [-0.25, -0.2) is 13.1 Å². The van der Waals surface area contributed by atoms with Crippen LogP contribution in [0.15, 0.2) is 41.6 Å². The minimum absolute atomic E-state index is 0.185. The third kappa shape index (κ3) is 3.83. The molecule has 0 fully saturated rings. The number of sulfonamides is 1. The molecule has 0 spiro atoms. The van der Waals surface area contributed by atoms with Gasteiger partial charge in [-0.05, 0) is 37.1 Å². The topological polar surface area (TPSA) is 90.0 Å². The summed E-state index contributed by atoms with van der Waals surface area (Å²) in [5.74, 6) is 0. The summed E-state index contributed by atoms with van der Waals surface area (Å²) >= 11 is 0. The molecule has 1 heterocycles. The number of hydrogen-bond donors (Lipinski definition) is 2. The first-order chi connectivity index (χ1) is 9.92. The van der Waals surface area contributed by atoms with E-state index in [1.807, 2.05) is 6.92 Å². The van der Waals surface area contributed by atoms with Gasteiger partial charge in [0.25, 0.3) is 0 Å². The van der Waals surface area contributed by atoms with E-state index >= 15 is 0 Å². The summed E-state index contributed by atoms with van der Waals surface area (Å²) in [4.78, 5) is 0.185. The third-order valence-corrected chi connectivity index (χ3v) is 4.77. The second-order valence-corrected chi connectivity index (χ2v) is 6.68. The quantitative estimate of drug-likeness (QED) is 0.789. The van der Waals surface area contributed by atoms with E-state index in [2.05, 4.69) is 9.82 Å². The number of nitrogen functional groups attached to an aromatic ring is 1. The van der Waals surface area contributed by atoms with Crippen molar-refractivity contribution in [2.75, 3.05) is 5.73 Å². The lowest BCUT2D eigenvalue weighted by molar-refractivity contribution is 0.494. The van der Waals surface area contributed by atoms with E-state index in [0.29, 0.717) is 12.2 Å². The highest BCUT2D eigenvalue weighted by Crippen LogP contribution is 2.18. The summed E-state index contributed by atoms with van der Waals surface area (Å²) in [6, 6.07) is 6.36. The summed E-state index contributed by atoms with van der Waals surface area (Å²) in [7, 11) is -3.58. The Bertz CT molecular complexity index is 696. The van der Waals surface area contributed by atoms with Crippen molar-refractivity contribution in [1.82, 2.24) is 14.5 Å². The van der Waals surface area contributed by atoms with Gasteiger partial charge in [-0.15, -0.1) is 0 Å². The highest BCUT2D eigenvalue weighted by Gasteiger charge is 2.18. The molecule has 21 heavy (non-hydrogen) atoms. The van der Waals surface area contributed by atoms with Crippen molar-refractivity contribution in [2.24, 2.45) is 0 Å². The summed E-state index contributed by atoms with van der Waals surface area (Å²) in [6.45, 7) is 4.24. The van der Waals surface area contributed by atoms with Gasteiger partial charge in [0, 0.05) is 24.1 Å². The van der Waals surface area contributed by atoms with Gasteiger partial charge >= 0.3 is 0 Å². The van der Waals surface area contributed by atoms with Gasteiger partial charge in [-0.1, -0.05) is 13.0 Å². The van der Waals surface area contributed by atoms with E-state index in [4.69, 9.17) is 5.73 Å². The van der Waals surface area contributed by atoms with Crippen LogP contribution in [0.3, 0.4) is 0 Å². The molecule has 1 aromatic carbocycles. The van der Waals surface area contributed by atoms with Crippen LogP contribution in [0.4, 0.5) is 5.69 Å². The zero-order valence-electron chi connectivity index (χ0n) is 12.2. The van der Waals surface area contributed by atoms with Crippen molar-refractivity contribution < 1.29 is 8.42 Å². The molecule has 0 aliphatic heterocycles. The van der Waals surface area contributed by atoms with E-state index in [-0.39, 0.29) is 10.9 Å². The Morgan fingerprint density at radius 3 is 2.76 bits per heavy atom. The molecule has 1 atom stereocenters. The average molecular weight is 308 g/mol. The van der Waals surface area contributed by atoms with E-state index in [9.17, 15) is 8.42 Å². The lowest BCUT2D eigenvalue weighted by Gasteiger charge is -2.15. The Hall–Kier alpha value is -1.86. The Morgan fingerprint density at radius 1 is 1.43 bits per heavy atom. The van der Waals surface area contributed by atoms with Gasteiger partial charge in [-0.3, -0.25) is 4.68 Å². The standard InChI is InChI=1S/C14H20N4O2S/c1-3-12-5-6-13(9-14(12)15)21(19,20)17-11(2)10-18-8-4-7-16-18/h4-9,11,17H,3,10,15H2,1-2H3. The molecule has 0 saturated heterocycles. The maximum atomic E-state index is 12.3. The molecule has 0 radical (unpaired) electrons. The lowest BCUT2D eigenvalue weighted by atomic mass is 10.1. The first kappa shape index (κ1) is 15.5. The van der Waals surface area contributed by atoms with E-state index in [0.717, 1.165) is 12.0 Å². The number of benzene rings is 1. The number of nitrogens with two attached hydrogens (primary N) is 1. The molecule has 0 aliphatic carbocycles. The van der Waals surface area contributed by atoms with Gasteiger partial charge < -0.3 is 5.73 Å². The number of nitrogens with one attached hydrogen (secondary N) is 1. The molecule has 1 aromatic heterocycles. The fourth-order valence-electron chi connectivity index (χ4n) is 2.12. The first-order valence-electron chi connectivity index (χ1n) is 6.80. The van der Waals surface area contributed by atoms with Crippen molar-refractivity contribution >= 4 is 15.7 Å². The highest BCUT2D eigenvalue weighted by molar-refractivity contribution is 7.89. The monoisotopic (exact) mass is 308 g/mol. The summed E-state index contributed by atoms with van der Waals surface area (Å²) in [5.41, 5.74) is 7.31. The molecule has 0 bridgehead atoms. The summed E-state index contributed by atoms with van der Waals surface area (Å²) in [5, 5.41) is 4.06. The predicted molar refractivity (Wildman–Crippen MR) is 82.2 cm³/mol. The second kappa shape index (κ2) is 6.28. The van der Waals surface area contributed by atoms with Crippen LogP contribution in [0.1, 0.15) is 19.4 Å². The van der Waals surface area contributed by atoms with E-state index < -0.39 is 10.0 Å². The number of anilines is 1. The first-order valence-corrected chi connectivity index (χ1v) is 8.29. The molecule has 7 heteroatoms. The van der Waals surface area contributed by atoms with Gasteiger partial charge in [0.05, 0.1) is 11.4 Å². The largest absolute Gasteiger partial charge is 0.398 e. The second-order valence-electron chi connectivity index (χ2n) is 4.96. The number of nitrogens with zero attached hydrogens (tertiary/aromatic N) is 2. The number of rotatable bonds is 6. The van der Waals surface area contributed by atoms with Crippen LogP contribution < -0.4 is 10.5 Å². The summed E-state index contributed by atoms with van der Waals surface area (Å²) in [6.07, 6.45) is 4.22. The zero-order chi connectivity index (χ0) is 15.5. The van der Waals surface area contributed by atoms with Crippen LogP contribution >= 0.6 is 0 Å². The van der Waals surface area contributed by atoms with Gasteiger partial charge in [0.15, 0.2) is 0 Å². The molecule has 2 rings (SSSR count). The predicted octanol–water partition coefficient (Wildman–Crippen LogP) is 1.39. The van der Waals surface area contributed by atoms with Crippen molar-refractivity contribution in [3.8, 4) is 0 Å². The molecule has 6 nitrogen and oxygen atoms in total. The van der Waals surface area contributed by atoms with Crippen LogP contribution in [-0.4, -0.2) is 24.2 Å². The molecule has 0 saturated carbocycles. The molecule has 0 amide bonds. The SMILES string of the molecule is CCc1ccc(S(=O)(=O)NC(C)Cn2cccn2)cc1N. The van der Waals surface area contributed by atoms with Crippen molar-refractivity contribution in [1.29, 1.82) is 0 Å². The van der Waals surface area contributed by atoms with E-state index in [1.54, 1.807) is 42.2 Å². The number of aromatic nitrogens is 2. The normalized spacial score (nSPS) is 13.2. The van der Waals surface area contributed by atoms with Crippen LogP contribution in [-0.2, 0) is 23.0 Å². The number of hydrogen-bond acceptors (Lipinski definition) is 4.